The number of para-hydroxylation sites is 2. The van der Waals surface area contributed by atoms with Crippen LogP contribution in [-0.4, -0.2) is 20.5 Å². The molecule has 4 rings (SSSR count). The van der Waals surface area contributed by atoms with Gasteiger partial charge in [-0.25, -0.2) is 0 Å². The molecule has 0 spiro atoms. The molecule has 1 aliphatic rings. The van der Waals surface area contributed by atoms with Crippen molar-refractivity contribution >= 4 is 11.8 Å². The summed E-state index contributed by atoms with van der Waals surface area (Å²) in [4.78, 5) is 1.16. The molecule has 0 saturated heterocycles. The number of benzene rings is 2. The molecule has 0 unspecified atom stereocenters. The first-order chi connectivity index (χ1) is 10.9. The van der Waals surface area contributed by atoms with Gasteiger partial charge in [0.1, 0.15) is 12.1 Å². The van der Waals surface area contributed by atoms with Gasteiger partial charge in [0.25, 0.3) is 0 Å². The van der Waals surface area contributed by atoms with Crippen LogP contribution in [-0.2, 0) is 0 Å². The Kier molecular flexibility index (Phi) is 3.20. The molecule has 1 aromatic heterocycles. The smallest absolute Gasteiger partial charge is 0.172 e. The van der Waals surface area contributed by atoms with E-state index in [1.807, 2.05) is 41.0 Å². The van der Waals surface area contributed by atoms with Gasteiger partial charge in [-0.15, -0.1) is 28.5 Å². The predicted molar refractivity (Wildman–Crippen MR) is 87.8 cm³/mol. The van der Waals surface area contributed by atoms with E-state index in [2.05, 4.69) is 28.9 Å². The van der Waals surface area contributed by atoms with E-state index in [9.17, 15) is 0 Å². The summed E-state index contributed by atoms with van der Waals surface area (Å²) in [5.41, 5.74) is 1.89. The second kappa shape index (κ2) is 5.35. The van der Waals surface area contributed by atoms with E-state index in [1.165, 1.54) is 0 Å². The Hall–Kier alpha value is -2.53. The molecule has 0 radical (unpaired) electrons. The minimum Gasteiger partial charge on any atom is -0.454 e. The SMILES string of the molecule is C=CCSc1ccc2c(c1)-c1nncn1-c1ccccc1O2. The first-order valence-corrected chi connectivity index (χ1v) is 7.91. The fourth-order valence-corrected chi connectivity index (χ4v) is 3.15. The lowest BCUT2D eigenvalue weighted by atomic mass is 10.2. The Balaban J connectivity index is 1.90. The minimum absolute atomic E-state index is 0.793. The van der Waals surface area contributed by atoms with Crippen molar-refractivity contribution in [2.45, 2.75) is 4.90 Å². The topological polar surface area (TPSA) is 39.9 Å². The Morgan fingerprint density at radius 1 is 1.18 bits per heavy atom. The molecule has 2 aromatic carbocycles. The molecule has 108 valence electrons. The Labute approximate surface area is 132 Å². The van der Waals surface area contributed by atoms with Gasteiger partial charge in [0.15, 0.2) is 11.6 Å². The van der Waals surface area contributed by atoms with Gasteiger partial charge in [0.05, 0.1) is 11.3 Å². The molecule has 1 aliphatic heterocycles. The molecular weight excluding hydrogens is 294 g/mol. The van der Waals surface area contributed by atoms with Crippen LogP contribution in [0.3, 0.4) is 0 Å². The Morgan fingerprint density at radius 2 is 2.09 bits per heavy atom. The van der Waals surface area contributed by atoms with Gasteiger partial charge in [-0.1, -0.05) is 18.2 Å². The zero-order valence-corrected chi connectivity index (χ0v) is 12.6. The molecule has 22 heavy (non-hydrogen) atoms. The Bertz CT molecular complexity index is 857. The molecule has 5 heteroatoms. The largest absolute Gasteiger partial charge is 0.454 e. The van der Waals surface area contributed by atoms with Crippen molar-refractivity contribution in [3.05, 3.63) is 61.4 Å². The summed E-state index contributed by atoms with van der Waals surface area (Å²) in [6.07, 6.45) is 3.61. The van der Waals surface area contributed by atoms with E-state index < -0.39 is 0 Å². The summed E-state index contributed by atoms with van der Waals surface area (Å²) in [6.45, 7) is 3.76. The van der Waals surface area contributed by atoms with E-state index in [0.29, 0.717) is 0 Å². The first kappa shape index (κ1) is 13.2. The summed E-state index contributed by atoms with van der Waals surface area (Å²) < 4.78 is 8.05. The first-order valence-electron chi connectivity index (χ1n) is 6.92. The number of nitrogens with zero attached hydrogens (tertiary/aromatic N) is 3. The number of thioether (sulfide) groups is 1. The molecular formula is C17H13N3OS. The predicted octanol–water partition coefficient (Wildman–Crippen LogP) is 4.32. The lowest BCUT2D eigenvalue weighted by Crippen LogP contribution is -1.94. The van der Waals surface area contributed by atoms with E-state index >= 15 is 0 Å². The highest BCUT2D eigenvalue weighted by molar-refractivity contribution is 7.99. The van der Waals surface area contributed by atoms with Gasteiger partial charge in [-0.2, -0.15) is 0 Å². The van der Waals surface area contributed by atoms with Crippen molar-refractivity contribution in [2.24, 2.45) is 0 Å². The van der Waals surface area contributed by atoms with Gasteiger partial charge in [-0.3, -0.25) is 4.57 Å². The van der Waals surface area contributed by atoms with E-state index in [1.54, 1.807) is 18.1 Å². The van der Waals surface area contributed by atoms with Crippen LogP contribution in [0.4, 0.5) is 0 Å². The number of hydrogen-bond acceptors (Lipinski definition) is 4. The second-order valence-electron chi connectivity index (χ2n) is 4.85. The van der Waals surface area contributed by atoms with Crippen molar-refractivity contribution in [2.75, 3.05) is 5.75 Å². The maximum Gasteiger partial charge on any atom is 0.172 e. The average molecular weight is 307 g/mol. The number of rotatable bonds is 3. The number of fused-ring (bicyclic) bond motifs is 5. The van der Waals surface area contributed by atoms with Crippen molar-refractivity contribution in [3.8, 4) is 28.6 Å². The molecule has 3 aromatic rings. The van der Waals surface area contributed by atoms with Crippen LogP contribution in [0.2, 0.25) is 0 Å². The number of hydrogen-bond donors (Lipinski definition) is 0. The summed E-state index contributed by atoms with van der Waals surface area (Å²) in [5, 5.41) is 8.35. The Morgan fingerprint density at radius 3 is 3.00 bits per heavy atom. The third-order valence-corrected chi connectivity index (χ3v) is 4.44. The van der Waals surface area contributed by atoms with E-state index in [-0.39, 0.29) is 0 Å². The molecule has 4 nitrogen and oxygen atoms in total. The maximum absolute atomic E-state index is 6.08. The number of ether oxygens (including phenoxy) is 1. The van der Waals surface area contributed by atoms with Crippen molar-refractivity contribution < 1.29 is 4.74 Å². The second-order valence-corrected chi connectivity index (χ2v) is 5.95. The molecule has 0 bridgehead atoms. The molecule has 0 amide bonds. The molecule has 0 aliphatic carbocycles. The monoisotopic (exact) mass is 307 g/mol. The molecule has 0 N–H and O–H groups in total. The third kappa shape index (κ3) is 2.10. The molecule has 2 heterocycles. The summed E-state index contributed by atoms with van der Waals surface area (Å²) in [6, 6.07) is 14.0. The van der Waals surface area contributed by atoms with Crippen molar-refractivity contribution in [1.82, 2.24) is 14.8 Å². The molecule has 0 atom stereocenters. The van der Waals surface area contributed by atoms with Gasteiger partial charge < -0.3 is 4.74 Å². The van der Waals surface area contributed by atoms with E-state index in [4.69, 9.17) is 4.74 Å². The normalized spacial score (nSPS) is 11.6. The minimum atomic E-state index is 0.793. The number of aromatic nitrogens is 3. The summed E-state index contributed by atoms with van der Waals surface area (Å²) >= 11 is 1.73. The third-order valence-electron chi connectivity index (χ3n) is 3.45. The standard InChI is InChI=1S/C17H13N3OS/c1-2-9-22-12-7-8-15-13(10-12)17-19-18-11-20(17)14-5-3-4-6-16(14)21-15/h2-8,10-11H,1,9H2. The highest BCUT2D eigenvalue weighted by Gasteiger charge is 2.21. The van der Waals surface area contributed by atoms with Crippen LogP contribution >= 0.6 is 11.8 Å². The van der Waals surface area contributed by atoms with Crippen LogP contribution in [0.5, 0.6) is 11.5 Å². The van der Waals surface area contributed by atoms with Crippen LogP contribution < -0.4 is 4.74 Å². The summed E-state index contributed by atoms with van der Waals surface area (Å²) in [5.74, 6) is 3.25. The average Bonchev–Trinajstić information content (AvgIpc) is 2.99. The van der Waals surface area contributed by atoms with E-state index in [0.717, 1.165) is 39.2 Å². The molecule has 0 fully saturated rings. The zero-order chi connectivity index (χ0) is 14.9. The fraction of sp³-hybridized carbons (Fsp3) is 0.0588. The lowest BCUT2D eigenvalue weighted by Gasteiger charge is -2.09. The van der Waals surface area contributed by atoms with Gasteiger partial charge in [-0.05, 0) is 30.3 Å². The van der Waals surface area contributed by atoms with Crippen LogP contribution in [0, 0.1) is 0 Å². The lowest BCUT2D eigenvalue weighted by molar-refractivity contribution is 0.485. The van der Waals surface area contributed by atoms with Crippen LogP contribution in [0.15, 0.2) is 66.3 Å². The van der Waals surface area contributed by atoms with Crippen LogP contribution in [0.25, 0.3) is 17.1 Å². The van der Waals surface area contributed by atoms with Gasteiger partial charge in [0.2, 0.25) is 0 Å². The van der Waals surface area contributed by atoms with Crippen molar-refractivity contribution in [3.63, 3.8) is 0 Å². The van der Waals surface area contributed by atoms with Crippen molar-refractivity contribution in [1.29, 1.82) is 0 Å². The van der Waals surface area contributed by atoms with Gasteiger partial charge in [0, 0.05) is 10.6 Å². The quantitative estimate of drug-likeness (QED) is 0.417. The highest BCUT2D eigenvalue weighted by atomic mass is 32.2. The molecule has 0 saturated carbocycles. The zero-order valence-electron chi connectivity index (χ0n) is 11.8. The van der Waals surface area contributed by atoms with Crippen LogP contribution in [0.1, 0.15) is 0 Å². The highest BCUT2D eigenvalue weighted by Crippen LogP contribution is 2.41. The fourth-order valence-electron chi connectivity index (χ4n) is 2.47. The maximum atomic E-state index is 6.08. The summed E-state index contributed by atoms with van der Waals surface area (Å²) in [7, 11) is 0. The van der Waals surface area contributed by atoms with Gasteiger partial charge >= 0.3 is 0 Å².